The number of halogens is 2. The standard InChI is InChI=1S/C25H30F2N2O4/c1-15(30)28-23(13-17-11-19(26)14-20(27)12-17)24(31)22-7-3-6-21(29-22)9-8-16-4-2-5-18(10-16)25(32)33/h2,4-5,10-12,14,21-24,29,31H,3,6-9,13H2,1H3,(H,28,30)(H,32,33). The molecule has 4 N–H and O–H groups in total. The zero-order valence-corrected chi connectivity index (χ0v) is 18.6. The number of aromatic carboxylic acids is 1. The lowest BCUT2D eigenvalue weighted by molar-refractivity contribution is -0.120. The first kappa shape index (κ1) is 24.8. The Labute approximate surface area is 192 Å². The van der Waals surface area contributed by atoms with Gasteiger partial charge in [-0.15, -0.1) is 0 Å². The quantitative estimate of drug-likeness (QED) is 0.461. The highest BCUT2D eigenvalue weighted by Crippen LogP contribution is 2.22. The summed E-state index contributed by atoms with van der Waals surface area (Å²) in [6, 6.07) is 9.17. The SMILES string of the molecule is CC(=O)NC(Cc1cc(F)cc(F)c1)C(O)C1CCCC(CCc2cccc(C(=O)O)c2)N1. The minimum Gasteiger partial charge on any atom is -0.478 e. The van der Waals surface area contributed by atoms with Crippen molar-refractivity contribution in [2.75, 3.05) is 0 Å². The van der Waals surface area contributed by atoms with Gasteiger partial charge < -0.3 is 20.8 Å². The van der Waals surface area contributed by atoms with Gasteiger partial charge in [0.2, 0.25) is 5.91 Å². The van der Waals surface area contributed by atoms with Gasteiger partial charge >= 0.3 is 5.97 Å². The van der Waals surface area contributed by atoms with Crippen molar-refractivity contribution in [3.05, 3.63) is 70.8 Å². The van der Waals surface area contributed by atoms with Crippen LogP contribution in [0.5, 0.6) is 0 Å². The minimum atomic E-state index is -0.960. The van der Waals surface area contributed by atoms with Gasteiger partial charge in [0.05, 0.1) is 17.7 Å². The second-order valence-corrected chi connectivity index (χ2v) is 8.72. The lowest BCUT2D eigenvalue weighted by Crippen LogP contribution is -2.57. The van der Waals surface area contributed by atoms with Crippen LogP contribution in [0.2, 0.25) is 0 Å². The molecule has 0 aliphatic carbocycles. The average Bonchev–Trinajstić information content (AvgIpc) is 2.76. The van der Waals surface area contributed by atoms with Crippen LogP contribution in [0.3, 0.4) is 0 Å². The summed E-state index contributed by atoms with van der Waals surface area (Å²) in [7, 11) is 0. The summed E-state index contributed by atoms with van der Waals surface area (Å²) in [5.41, 5.74) is 1.55. The van der Waals surface area contributed by atoms with E-state index in [9.17, 15) is 23.5 Å². The number of aliphatic hydroxyl groups is 1. The molecule has 0 aromatic heterocycles. The van der Waals surface area contributed by atoms with Gasteiger partial charge in [0.15, 0.2) is 0 Å². The van der Waals surface area contributed by atoms with E-state index in [4.69, 9.17) is 5.11 Å². The van der Waals surface area contributed by atoms with E-state index < -0.39 is 29.7 Å². The Bertz CT molecular complexity index is 964. The van der Waals surface area contributed by atoms with Crippen LogP contribution in [0, 0.1) is 11.6 Å². The van der Waals surface area contributed by atoms with Crippen molar-refractivity contribution in [2.45, 2.75) is 69.7 Å². The van der Waals surface area contributed by atoms with Crippen molar-refractivity contribution in [1.29, 1.82) is 0 Å². The Morgan fingerprint density at radius 1 is 1.12 bits per heavy atom. The van der Waals surface area contributed by atoms with Crippen molar-refractivity contribution in [3.8, 4) is 0 Å². The van der Waals surface area contributed by atoms with E-state index in [0.29, 0.717) is 18.4 Å². The summed E-state index contributed by atoms with van der Waals surface area (Å²) in [5, 5.41) is 26.4. The molecule has 6 nitrogen and oxygen atoms in total. The normalized spacial score (nSPS) is 20.1. The van der Waals surface area contributed by atoms with Gasteiger partial charge in [-0.3, -0.25) is 4.79 Å². The van der Waals surface area contributed by atoms with Gasteiger partial charge in [0.25, 0.3) is 0 Å². The van der Waals surface area contributed by atoms with Crippen LogP contribution in [-0.2, 0) is 17.6 Å². The highest BCUT2D eigenvalue weighted by Gasteiger charge is 2.32. The van der Waals surface area contributed by atoms with Gasteiger partial charge in [-0.1, -0.05) is 18.6 Å². The number of benzene rings is 2. The molecule has 1 fully saturated rings. The molecule has 1 aliphatic heterocycles. The first-order valence-corrected chi connectivity index (χ1v) is 11.2. The minimum absolute atomic E-state index is 0.0975. The molecule has 0 saturated carbocycles. The van der Waals surface area contributed by atoms with Crippen molar-refractivity contribution in [2.24, 2.45) is 0 Å². The number of aliphatic hydroxyl groups excluding tert-OH is 1. The van der Waals surface area contributed by atoms with Crippen molar-refractivity contribution < 1.29 is 28.6 Å². The number of aryl methyl sites for hydroxylation is 1. The van der Waals surface area contributed by atoms with Gasteiger partial charge in [-0.25, -0.2) is 13.6 Å². The zero-order valence-electron chi connectivity index (χ0n) is 18.6. The Morgan fingerprint density at radius 2 is 1.85 bits per heavy atom. The maximum Gasteiger partial charge on any atom is 0.335 e. The topological polar surface area (TPSA) is 98.7 Å². The Balaban J connectivity index is 1.63. The fourth-order valence-electron chi connectivity index (χ4n) is 4.53. The Kier molecular flexibility index (Phi) is 8.52. The van der Waals surface area contributed by atoms with E-state index in [0.717, 1.165) is 30.9 Å². The number of hydrogen-bond donors (Lipinski definition) is 4. The van der Waals surface area contributed by atoms with Crippen LogP contribution < -0.4 is 10.6 Å². The van der Waals surface area contributed by atoms with E-state index in [-0.39, 0.29) is 30.0 Å². The van der Waals surface area contributed by atoms with Gasteiger partial charge in [0, 0.05) is 25.1 Å². The Morgan fingerprint density at radius 3 is 2.52 bits per heavy atom. The highest BCUT2D eigenvalue weighted by atomic mass is 19.1. The molecule has 0 spiro atoms. The average molecular weight is 461 g/mol. The number of hydrogen-bond acceptors (Lipinski definition) is 4. The molecule has 2 aromatic rings. The van der Waals surface area contributed by atoms with E-state index in [1.165, 1.54) is 19.1 Å². The Hall–Kier alpha value is -2.84. The van der Waals surface area contributed by atoms with Crippen LogP contribution in [0.25, 0.3) is 0 Å². The van der Waals surface area contributed by atoms with Crippen molar-refractivity contribution in [3.63, 3.8) is 0 Å². The molecule has 4 unspecified atom stereocenters. The summed E-state index contributed by atoms with van der Waals surface area (Å²) in [4.78, 5) is 22.9. The lowest BCUT2D eigenvalue weighted by atomic mass is 9.87. The molecule has 1 amide bonds. The van der Waals surface area contributed by atoms with E-state index >= 15 is 0 Å². The molecule has 0 bridgehead atoms. The maximum absolute atomic E-state index is 13.6. The van der Waals surface area contributed by atoms with Gasteiger partial charge in [0.1, 0.15) is 11.6 Å². The number of carboxylic acids is 1. The van der Waals surface area contributed by atoms with Crippen molar-refractivity contribution in [1.82, 2.24) is 10.6 Å². The molecule has 8 heteroatoms. The van der Waals surface area contributed by atoms with Crippen LogP contribution in [0.1, 0.15) is 54.1 Å². The number of nitrogens with one attached hydrogen (secondary N) is 2. The number of amides is 1. The predicted molar refractivity (Wildman–Crippen MR) is 120 cm³/mol. The first-order valence-electron chi connectivity index (χ1n) is 11.2. The third-order valence-corrected chi connectivity index (χ3v) is 6.06. The zero-order chi connectivity index (χ0) is 24.0. The second-order valence-electron chi connectivity index (χ2n) is 8.72. The number of carboxylic acid groups (broad SMARTS) is 1. The third-order valence-electron chi connectivity index (χ3n) is 6.06. The van der Waals surface area contributed by atoms with Gasteiger partial charge in [-0.2, -0.15) is 0 Å². The highest BCUT2D eigenvalue weighted by molar-refractivity contribution is 5.87. The van der Waals surface area contributed by atoms with E-state index in [1.807, 2.05) is 6.07 Å². The number of carbonyl (C=O) groups excluding carboxylic acids is 1. The predicted octanol–water partition coefficient (Wildman–Crippen LogP) is 3.21. The fraction of sp³-hybridized carbons (Fsp3) is 0.440. The largest absolute Gasteiger partial charge is 0.478 e. The van der Waals surface area contributed by atoms with Gasteiger partial charge in [-0.05, 0) is 67.5 Å². The van der Waals surface area contributed by atoms with Crippen LogP contribution in [0.4, 0.5) is 8.78 Å². The maximum atomic E-state index is 13.6. The fourth-order valence-corrected chi connectivity index (χ4v) is 4.53. The number of piperidine rings is 1. The molecule has 33 heavy (non-hydrogen) atoms. The number of carbonyl (C=O) groups is 2. The van der Waals surface area contributed by atoms with Crippen LogP contribution >= 0.6 is 0 Å². The molecule has 178 valence electrons. The molecular formula is C25H30F2N2O4. The summed E-state index contributed by atoms with van der Waals surface area (Å²) in [5.74, 6) is -2.70. The molecular weight excluding hydrogens is 430 g/mol. The molecule has 1 saturated heterocycles. The molecule has 2 aromatic carbocycles. The summed E-state index contributed by atoms with van der Waals surface area (Å²) in [6.45, 7) is 1.34. The molecule has 3 rings (SSSR count). The third kappa shape index (κ3) is 7.33. The monoisotopic (exact) mass is 460 g/mol. The van der Waals surface area contributed by atoms with E-state index in [1.54, 1.807) is 18.2 Å². The van der Waals surface area contributed by atoms with Crippen molar-refractivity contribution >= 4 is 11.9 Å². The molecule has 4 atom stereocenters. The second kappa shape index (κ2) is 11.3. The summed E-state index contributed by atoms with van der Waals surface area (Å²) >= 11 is 0. The van der Waals surface area contributed by atoms with E-state index in [2.05, 4.69) is 10.6 Å². The molecule has 1 aliphatic rings. The smallest absolute Gasteiger partial charge is 0.335 e. The number of rotatable bonds is 9. The van der Waals surface area contributed by atoms with Crippen LogP contribution in [0.15, 0.2) is 42.5 Å². The first-order chi connectivity index (χ1) is 15.7. The molecule has 0 radical (unpaired) electrons. The molecule has 1 heterocycles. The lowest BCUT2D eigenvalue weighted by Gasteiger charge is -2.37. The summed E-state index contributed by atoms with van der Waals surface area (Å²) < 4.78 is 27.2. The van der Waals surface area contributed by atoms with Crippen LogP contribution in [-0.4, -0.2) is 46.3 Å². The summed E-state index contributed by atoms with van der Waals surface area (Å²) in [6.07, 6.45) is 3.13.